The number of ether oxygens (including phenoxy) is 2. The van der Waals surface area contributed by atoms with Gasteiger partial charge in [-0.25, -0.2) is 9.78 Å². The highest BCUT2D eigenvalue weighted by molar-refractivity contribution is 6.33. The number of carbonyl (C=O) groups excluding carboxylic acids is 1. The fraction of sp³-hybridized carbons (Fsp3) is 0.0870. The van der Waals surface area contributed by atoms with Crippen molar-refractivity contribution < 1.29 is 18.8 Å². The van der Waals surface area contributed by atoms with E-state index in [2.05, 4.69) is 10.1 Å². The van der Waals surface area contributed by atoms with Crippen molar-refractivity contribution in [2.75, 3.05) is 0 Å². The molecule has 7 heteroatoms. The maximum absolute atomic E-state index is 12.3. The molecule has 0 saturated carbocycles. The van der Waals surface area contributed by atoms with E-state index < -0.39 is 5.97 Å². The minimum Gasteiger partial charge on any atom is -0.454 e. The lowest BCUT2D eigenvalue weighted by Gasteiger charge is -2.05. The molecule has 4 aromatic rings. The minimum atomic E-state index is -0.528. The van der Waals surface area contributed by atoms with Crippen LogP contribution >= 0.6 is 11.6 Å². The average Bonchev–Trinajstić information content (AvgIpc) is 3.22. The van der Waals surface area contributed by atoms with Crippen molar-refractivity contribution in [2.45, 2.75) is 13.5 Å². The highest BCUT2D eigenvalue weighted by atomic mass is 35.5. The molecule has 6 nitrogen and oxygen atoms in total. The first-order valence-electron chi connectivity index (χ1n) is 9.17. The van der Waals surface area contributed by atoms with Crippen molar-refractivity contribution in [3.05, 3.63) is 94.8 Å². The Morgan fingerprint density at radius 1 is 1.07 bits per heavy atom. The second kappa shape index (κ2) is 8.80. The van der Waals surface area contributed by atoms with Gasteiger partial charge in [-0.15, -0.1) is 0 Å². The number of rotatable bonds is 6. The van der Waals surface area contributed by atoms with Crippen LogP contribution in [0.25, 0.3) is 11.3 Å². The lowest BCUT2D eigenvalue weighted by Crippen LogP contribution is -2.05. The largest absolute Gasteiger partial charge is 0.454 e. The SMILES string of the molecule is Cc1ccc(-c2cc(COC(=O)c3ccc(Oc4ccccc4)nc3)on2)c(Cl)c1. The Balaban J connectivity index is 1.36. The highest BCUT2D eigenvalue weighted by Gasteiger charge is 2.13. The van der Waals surface area contributed by atoms with Gasteiger partial charge >= 0.3 is 5.97 Å². The zero-order valence-corrected chi connectivity index (χ0v) is 16.8. The van der Waals surface area contributed by atoms with E-state index in [4.69, 9.17) is 25.6 Å². The molecule has 2 aromatic carbocycles. The van der Waals surface area contributed by atoms with E-state index >= 15 is 0 Å². The van der Waals surface area contributed by atoms with Crippen molar-refractivity contribution in [3.8, 4) is 22.9 Å². The number of carbonyl (C=O) groups is 1. The molecular formula is C23H17ClN2O4. The third-order valence-corrected chi connectivity index (χ3v) is 4.56. The van der Waals surface area contributed by atoms with Gasteiger partial charge in [0.15, 0.2) is 12.4 Å². The minimum absolute atomic E-state index is 0.0580. The molecule has 30 heavy (non-hydrogen) atoms. The van der Waals surface area contributed by atoms with E-state index in [1.807, 2.05) is 55.5 Å². The Morgan fingerprint density at radius 3 is 2.63 bits per heavy atom. The van der Waals surface area contributed by atoms with E-state index in [9.17, 15) is 4.79 Å². The molecule has 0 amide bonds. The van der Waals surface area contributed by atoms with Crippen LogP contribution in [-0.2, 0) is 11.3 Å². The molecule has 0 aliphatic heterocycles. The summed E-state index contributed by atoms with van der Waals surface area (Å²) in [6.45, 7) is 1.90. The zero-order chi connectivity index (χ0) is 20.9. The van der Waals surface area contributed by atoms with Crippen LogP contribution in [0, 0.1) is 6.92 Å². The van der Waals surface area contributed by atoms with Crippen LogP contribution in [0.1, 0.15) is 21.7 Å². The molecule has 2 aromatic heterocycles. The van der Waals surface area contributed by atoms with Crippen molar-refractivity contribution in [1.29, 1.82) is 0 Å². The van der Waals surface area contributed by atoms with Gasteiger partial charge in [0.25, 0.3) is 0 Å². The van der Waals surface area contributed by atoms with Crippen molar-refractivity contribution >= 4 is 17.6 Å². The van der Waals surface area contributed by atoms with Gasteiger partial charge < -0.3 is 14.0 Å². The molecular weight excluding hydrogens is 404 g/mol. The average molecular weight is 421 g/mol. The van der Waals surface area contributed by atoms with Crippen molar-refractivity contribution in [2.24, 2.45) is 0 Å². The number of nitrogens with zero attached hydrogens (tertiary/aromatic N) is 2. The Hall–Kier alpha value is -3.64. The summed E-state index contributed by atoms with van der Waals surface area (Å²) in [6, 6.07) is 19.8. The molecule has 0 spiro atoms. The summed E-state index contributed by atoms with van der Waals surface area (Å²) in [6.07, 6.45) is 1.40. The van der Waals surface area contributed by atoms with Gasteiger partial charge in [-0.3, -0.25) is 0 Å². The maximum atomic E-state index is 12.3. The second-order valence-corrected chi connectivity index (χ2v) is 6.95. The molecule has 0 fully saturated rings. The zero-order valence-electron chi connectivity index (χ0n) is 16.0. The summed E-state index contributed by atoms with van der Waals surface area (Å²) in [7, 11) is 0. The molecule has 0 N–H and O–H groups in total. The number of halogens is 1. The third kappa shape index (κ3) is 4.67. The topological polar surface area (TPSA) is 74.5 Å². The van der Waals surface area contributed by atoms with Crippen LogP contribution in [0.15, 0.2) is 77.4 Å². The van der Waals surface area contributed by atoms with E-state index in [-0.39, 0.29) is 6.61 Å². The number of benzene rings is 2. The third-order valence-electron chi connectivity index (χ3n) is 4.24. The molecule has 0 bridgehead atoms. The Labute approximate surface area is 178 Å². The molecule has 0 saturated heterocycles. The normalized spacial score (nSPS) is 10.6. The van der Waals surface area contributed by atoms with Gasteiger partial charge in [0.2, 0.25) is 5.88 Å². The first kappa shape index (κ1) is 19.7. The van der Waals surface area contributed by atoms with Crippen LogP contribution < -0.4 is 4.74 Å². The summed E-state index contributed by atoms with van der Waals surface area (Å²) in [5, 5.41) is 4.58. The fourth-order valence-corrected chi connectivity index (χ4v) is 3.06. The standard InChI is InChI=1S/C23H17ClN2O4/c1-15-7-9-19(20(24)11-15)21-12-18(30-26-21)14-28-23(27)16-8-10-22(25-13-16)29-17-5-3-2-4-6-17/h2-13H,14H2,1H3. The van der Waals surface area contributed by atoms with Gasteiger partial charge in [-0.2, -0.15) is 0 Å². The number of pyridine rings is 1. The summed E-state index contributed by atoms with van der Waals surface area (Å²) < 4.78 is 16.1. The maximum Gasteiger partial charge on any atom is 0.340 e. The molecule has 0 radical (unpaired) electrons. The molecule has 0 aliphatic rings. The lowest BCUT2D eigenvalue weighted by atomic mass is 10.1. The number of para-hydroxylation sites is 1. The quantitative estimate of drug-likeness (QED) is 0.364. The van der Waals surface area contributed by atoms with Crippen LogP contribution in [0.5, 0.6) is 11.6 Å². The van der Waals surface area contributed by atoms with E-state index in [0.717, 1.165) is 11.1 Å². The number of hydrogen-bond donors (Lipinski definition) is 0. The Bertz CT molecular complexity index is 1160. The molecule has 0 aliphatic carbocycles. The van der Waals surface area contributed by atoms with Gasteiger partial charge in [0.05, 0.1) is 10.6 Å². The molecule has 2 heterocycles. The summed E-state index contributed by atoms with van der Waals surface area (Å²) >= 11 is 6.26. The predicted octanol–water partition coefficient (Wildman–Crippen LogP) is 5.85. The van der Waals surface area contributed by atoms with Crippen LogP contribution in [0.2, 0.25) is 5.02 Å². The summed E-state index contributed by atoms with van der Waals surface area (Å²) in [4.78, 5) is 16.4. The summed E-state index contributed by atoms with van der Waals surface area (Å²) in [5.41, 5.74) is 2.68. The van der Waals surface area contributed by atoms with Crippen LogP contribution in [0.3, 0.4) is 0 Å². The lowest BCUT2D eigenvalue weighted by molar-refractivity contribution is 0.0437. The number of aryl methyl sites for hydroxylation is 1. The monoisotopic (exact) mass is 420 g/mol. The van der Waals surface area contributed by atoms with Gasteiger partial charge in [0.1, 0.15) is 11.4 Å². The highest BCUT2D eigenvalue weighted by Crippen LogP contribution is 2.28. The fourth-order valence-electron chi connectivity index (χ4n) is 2.73. The first-order valence-corrected chi connectivity index (χ1v) is 9.54. The van der Waals surface area contributed by atoms with Crippen LogP contribution in [-0.4, -0.2) is 16.1 Å². The second-order valence-electron chi connectivity index (χ2n) is 6.54. The first-order chi connectivity index (χ1) is 14.6. The molecule has 150 valence electrons. The van der Waals surface area contributed by atoms with Crippen LogP contribution in [0.4, 0.5) is 0 Å². The number of aromatic nitrogens is 2. The van der Waals surface area contributed by atoms with Gasteiger partial charge in [-0.05, 0) is 36.8 Å². The van der Waals surface area contributed by atoms with E-state index in [1.165, 1.54) is 6.20 Å². The summed E-state index contributed by atoms with van der Waals surface area (Å²) in [5.74, 6) is 0.926. The predicted molar refractivity (Wildman–Crippen MR) is 112 cm³/mol. The van der Waals surface area contributed by atoms with E-state index in [0.29, 0.717) is 33.7 Å². The Morgan fingerprint density at radius 2 is 1.90 bits per heavy atom. The number of esters is 1. The van der Waals surface area contributed by atoms with E-state index in [1.54, 1.807) is 18.2 Å². The molecule has 0 unspecified atom stereocenters. The molecule has 4 rings (SSSR count). The smallest absolute Gasteiger partial charge is 0.340 e. The Kier molecular flexibility index (Phi) is 5.77. The van der Waals surface area contributed by atoms with Gasteiger partial charge in [0, 0.05) is 23.9 Å². The number of hydrogen-bond acceptors (Lipinski definition) is 6. The van der Waals surface area contributed by atoms with Gasteiger partial charge in [-0.1, -0.05) is 47.1 Å². The van der Waals surface area contributed by atoms with Crippen molar-refractivity contribution in [1.82, 2.24) is 10.1 Å². The van der Waals surface area contributed by atoms with Crippen molar-refractivity contribution in [3.63, 3.8) is 0 Å². The molecule has 0 atom stereocenters.